The van der Waals surface area contributed by atoms with Gasteiger partial charge in [-0.25, -0.2) is 24.3 Å². The molecule has 13 heteroatoms. The van der Waals surface area contributed by atoms with E-state index in [-0.39, 0.29) is 19.6 Å². The highest BCUT2D eigenvalue weighted by molar-refractivity contribution is 9.69. The van der Waals surface area contributed by atoms with Gasteiger partial charge in [0, 0.05) is 10.6 Å². The third-order valence-electron chi connectivity index (χ3n) is 2.95. The number of hydrogen-bond donors (Lipinski definition) is 2. The Balaban J connectivity index is 0.000000640. The van der Waals surface area contributed by atoms with Gasteiger partial charge in [0.15, 0.2) is 0 Å². The number of benzene rings is 1. The standard InChI is InChI=1S/C15H9ClFN5O2.BBr3/c16-9-1-8(2-10(17)3-9)12-4-13(21-7-20-12)14(23)22-11-5-18-15(24)19-6-11;2-1(3)4/h1-7H,(H,22,23)(H,18,19,24);. The van der Waals surface area contributed by atoms with Gasteiger partial charge in [-0.2, -0.15) is 0 Å². The fraction of sp³-hybridized carbons (Fsp3) is 0. The van der Waals surface area contributed by atoms with Gasteiger partial charge < -0.3 is 10.4 Å². The number of carbonyl (C=O) groups is 1. The van der Waals surface area contributed by atoms with Crippen molar-refractivity contribution in [3.8, 4) is 17.3 Å². The van der Waals surface area contributed by atoms with Crippen LogP contribution < -0.4 is 5.32 Å². The quantitative estimate of drug-likeness (QED) is 0.420. The molecule has 0 atom stereocenters. The lowest BCUT2D eigenvalue weighted by Crippen LogP contribution is -2.14. The highest BCUT2D eigenvalue weighted by Gasteiger charge is 2.12. The lowest BCUT2D eigenvalue weighted by Gasteiger charge is -2.06. The first-order valence-electron chi connectivity index (χ1n) is 7.27. The predicted molar refractivity (Wildman–Crippen MR) is 117 cm³/mol. The Kier molecular flexibility index (Phi) is 8.74. The molecule has 144 valence electrons. The lowest BCUT2D eigenvalue weighted by atomic mass is 10.1. The van der Waals surface area contributed by atoms with Crippen molar-refractivity contribution in [2.24, 2.45) is 0 Å². The van der Waals surface area contributed by atoms with Gasteiger partial charge in [0.1, 0.15) is 17.8 Å². The monoisotopic (exact) mass is 593 g/mol. The fourth-order valence-corrected chi connectivity index (χ4v) is 2.14. The molecule has 7 nitrogen and oxygen atoms in total. The zero-order valence-corrected chi connectivity index (χ0v) is 19.2. The summed E-state index contributed by atoms with van der Waals surface area (Å²) in [5, 5.41) is 11.8. The van der Waals surface area contributed by atoms with E-state index in [0.29, 0.717) is 11.3 Å². The highest BCUT2D eigenvalue weighted by Crippen LogP contribution is 2.23. The second-order valence-corrected chi connectivity index (χ2v) is 11.8. The number of nitrogens with zero attached hydrogens (tertiary/aromatic N) is 4. The van der Waals surface area contributed by atoms with Crippen molar-refractivity contribution >= 4 is 73.7 Å². The first-order valence-corrected chi connectivity index (χ1v) is 10.4. The maximum absolute atomic E-state index is 13.5. The molecule has 0 unspecified atom stereocenters. The summed E-state index contributed by atoms with van der Waals surface area (Å²) in [6.07, 6.45) is 3.68. The molecule has 28 heavy (non-hydrogen) atoms. The van der Waals surface area contributed by atoms with E-state index in [1.54, 1.807) is 0 Å². The van der Waals surface area contributed by atoms with Crippen LogP contribution in [-0.4, -0.2) is 34.1 Å². The number of halogens is 5. The Morgan fingerprint density at radius 3 is 2.32 bits per heavy atom. The lowest BCUT2D eigenvalue weighted by molar-refractivity contribution is 0.102. The van der Waals surface area contributed by atoms with Gasteiger partial charge in [0.25, 0.3) is 5.91 Å². The van der Waals surface area contributed by atoms with Gasteiger partial charge in [0.05, 0.1) is 23.8 Å². The number of rotatable bonds is 3. The molecular weight excluding hydrogens is 587 g/mol. The zero-order valence-electron chi connectivity index (χ0n) is 13.7. The molecule has 2 aromatic heterocycles. The normalized spacial score (nSPS) is 9.89. The van der Waals surface area contributed by atoms with Crippen molar-refractivity contribution in [2.75, 3.05) is 5.32 Å². The minimum Gasteiger partial charge on any atom is -0.479 e. The Morgan fingerprint density at radius 1 is 1.07 bits per heavy atom. The second kappa shape index (κ2) is 10.8. The average Bonchev–Trinajstić information content (AvgIpc) is 2.62. The number of hydrogen-bond acceptors (Lipinski definition) is 6. The van der Waals surface area contributed by atoms with Crippen LogP contribution in [0.5, 0.6) is 6.01 Å². The summed E-state index contributed by atoms with van der Waals surface area (Å²) >= 11 is 15.1. The molecule has 0 spiro atoms. The highest BCUT2D eigenvalue weighted by atomic mass is 79.9. The molecule has 0 aliphatic heterocycles. The topological polar surface area (TPSA) is 101 Å². The molecule has 2 N–H and O–H groups in total. The second-order valence-electron chi connectivity index (χ2n) is 4.92. The molecule has 3 aromatic rings. The summed E-state index contributed by atoms with van der Waals surface area (Å²) in [5.74, 6) is -1.04. The van der Waals surface area contributed by atoms with Crippen LogP contribution in [0.1, 0.15) is 10.5 Å². The number of aromatic nitrogens is 4. The predicted octanol–water partition coefficient (Wildman–Crippen LogP) is 4.84. The molecule has 1 aromatic carbocycles. The van der Waals surface area contributed by atoms with Crippen molar-refractivity contribution in [3.63, 3.8) is 0 Å². The Bertz CT molecular complexity index is 946. The minimum absolute atomic E-state index is 0.0634. The summed E-state index contributed by atoms with van der Waals surface area (Å²) < 4.78 is 13.7. The van der Waals surface area contributed by atoms with Crippen LogP contribution in [0.15, 0.2) is 43.0 Å². The average molecular weight is 596 g/mol. The number of amides is 1. The Hall–Kier alpha value is -1.63. The van der Waals surface area contributed by atoms with Gasteiger partial charge >= 0.3 is 9.20 Å². The molecule has 2 heterocycles. The van der Waals surface area contributed by atoms with E-state index in [0.717, 1.165) is 0 Å². The first-order chi connectivity index (χ1) is 13.2. The van der Waals surface area contributed by atoms with E-state index < -0.39 is 17.7 Å². The van der Waals surface area contributed by atoms with Crippen molar-refractivity contribution in [3.05, 3.63) is 59.5 Å². The first kappa shape index (κ1) is 22.7. The maximum Gasteiger partial charge on any atom is 0.369 e. The zero-order chi connectivity index (χ0) is 20.7. The van der Waals surface area contributed by atoms with Gasteiger partial charge in [-0.15, -0.1) is 47.3 Å². The van der Waals surface area contributed by atoms with Gasteiger partial charge in [-0.1, -0.05) is 11.6 Å². The van der Waals surface area contributed by atoms with Crippen LogP contribution in [0.3, 0.4) is 0 Å². The molecule has 0 radical (unpaired) electrons. The molecule has 0 aliphatic carbocycles. The van der Waals surface area contributed by atoms with Crippen LogP contribution in [0.2, 0.25) is 5.02 Å². The van der Waals surface area contributed by atoms with E-state index in [2.05, 4.69) is 72.5 Å². The van der Waals surface area contributed by atoms with Crippen molar-refractivity contribution in [2.45, 2.75) is 0 Å². The molecule has 0 saturated carbocycles. The van der Waals surface area contributed by atoms with E-state index in [4.69, 9.17) is 16.7 Å². The number of nitrogens with one attached hydrogen (secondary N) is 1. The Labute approximate surface area is 189 Å². The smallest absolute Gasteiger partial charge is 0.369 e. The molecule has 1 amide bonds. The van der Waals surface area contributed by atoms with Crippen molar-refractivity contribution in [1.29, 1.82) is 0 Å². The largest absolute Gasteiger partial charge is 0.479 e. The van der Waals surface area contributed by atoms with Crippen LogP contribution in [0.4, 0.5) is 10.1 Å². The van der Waals surface area contributed by atoms with Gasteiger partial charge in [-0.3, -0.25) is 4.79 Å². The molecule has 0 fully saturated rings. The Morgan fingerprint density at radius 2 is 1.71 bits per heavy atom. The number of aromatic hydroxyl groups is 1. The van der Waals surface area contributed by atoms with E-state index in [1.165, 1.54) is 43.0 Å². The summed E-state index contributed by atoms with van der Waals surface area (Å²) in [5.41, 5.74) is 1.11. The van der Waals surface area contributed by atoms with Gasteiger partial charge in [0.2, 0.25) is 0 Å². The fourth-order valence-electron chi connectivity index (χ4n) is 1.92. The van der Waals surface area contributed by atoms with Crippen molar-refractivity contribution in [1.82, 2.24) is 19.9 Å². The molecular formula is C15H9BBr3ClFN5O2. The third-order valence-corrected chi connectivity index (χ3v) is 3.17. The number of anilines is 1. The van der Waals surface area contributed by atoms with Crippen LogP contribution in [0.25, 0.3) is 11.3 Å². The van der Waals surface area contributed by atoms with Gasteiger partial charge in [-0.05, 0) is 24.3 Å². The van der Waals surface area contributed by atoms with E-state index in [9.17, 15) is 9.18 Å². The molecule has 0 saturated heterocycles. The number of carbonyl (C=O) groups excluding carboxylic acids is 1. The van der Waals surface area contributed by atoms with Crippen molar-refractivity contribution < 1.29 is 14.3 Å². The van der Waals surface area contributed by atoms with Crippen LogP contribution in [-0.2, 0) is 0 Å². The maximum atomic E-state index is 13.5. The molecule has 0 bridgehead atoms. The van der Waals surface area contributed by atoms with E-state index in [1.807, 2.05) is 0 Å². The minimum atomic E-state index is -0.532. The SMILES string of the molecule is BrB(Br)Br.O=C(Nc1cnc(O)nc1)c1cc(-c2cc(F)cc(Cl)c2)ncn1. The van der Waals surface area contributed by atoms with Crippen LogP contribution in [0, 0.1) is 5.82 Å². The third kappa shape index (κ3) is 7.42. The molecule has 3 rings (SSSR count). The summed E-state index contributed by atoms with van der Waals surface area (Å²) in [6.45, 7) is 0. The van der Waals surface area contributed by atoms with Crippen LogP contribution >= 0.6 is 58.9 Å². The molecule has 0 aliphatic rings. The van der Waals surface area contributed by atoms with E-state index >= 15 is 0 Å². The summed E-state index contributed by atoms with van der Waals surface area (Å²) in [6, 6.07) is 4.96. The summed E-state index contributed by atoms with van der Waals surface area (Å²) in [4.78, 5) is 27.2. The summed E-state index contributed by atoms with van der Waals surface area (Å²) in [7, 11) is 0.